The third-order valence-corrected chi connectivity index (χ3v) is 7.69. The Balaban J connectivity index is 0.000000913. The van der Waals surface area contributed by atoms with Crippen molar-refractivity contribution in [3.05, 3.63) is 114 Å². The van der Waals surface area contributed by atoms with Crippen molar-refractivity contribution in [3.63, 3.8) is 0 Å². The molecule has 4 aromatic carbocycles. The van der Waals surface area contributed by atoms with Gasteiger partial charge in [0, 0.05) is 16.8 Å². The molecule has 0 heterocycles. The summed E-state index contributed by atoms with van der Waals surface area (Å²) in [5.41, 5.74) is 1.49. The number of benzene rings is 4. The fraction of sp³-hybridized carbons (Fsp3) is 0. The number of hydrogen-bond donors (Lipinski definition) is 1. The van der Waals surface area contributed by atoms with Gasteiger partial charge in [-0.1, -0.05) is 60.1 Å². The van der Waals surface area contributed by atoms with Gasteiger partial charge in [-0.15, -0.1) is 0 Å². The van der Waals surface area contributed by atoms with Gasteiger partial charge in [0.05, 0.1) is 7.92 Å². The number of nitrogens with zero attached hydrogens (tertiary/aromatic N) is 1. The molecule has 0 amide bonds. The van der Waals surface area contributed by atoms with Gasteiger partial charge in [-0.25, -0.2) is 0 Å². The molecule has 0 aliphatic rings. The predicted octanol–water partition coefficient (Wildman–Crippen LogP) is 6.66. The summed E-state index contributed by atoms with van der Waals surface area (Å²) in [6.45, 7) is 0. The number of phenolic OH excluding ortho intramolecular Hbond substituents is 1. The van der Waals surface area contributed by atoms with Crippen molar-refractivity contribution in [1.29, 1.82) is 0 Å². The molecule has 4 rings (SSSR count). The summed E-state index contributed by atoms with van der Waals surface area (Å²) in [6, 6.07) is 34.4. The molecule has 162 valence electrons. The van der Waals surface area contributed by atoms with E-state index in [0.717, 1.165) is 5.56 Å². The van der Waals surface area contributed by atoms with Crippen LogP contribution in [0.4, 0.5) is 5.69 Å². The van der Waals surface area contributed by atoms with Crippen LogP contribution in [-0.4, -0.2) is 11.3 Å². The van der Waals surface area contributed by atoms with E-state index in [1.54, 1.807) is 18.2 Å². The topological polar surface area (TPSA) is 32.6 Å². The van der Waals surface area contributed by atoms with Gasteiger partial charge < -0.3 is 5.11 Å². The van der Waals surface area contributed by atoms with Crippen molar-refractivity contribution in [2.45, 2.75) is 0 Å². The van der Waals surface area contributed by atoms with E-state index in [1.807, 2.05) is 24.4 Å². The molecule has 0 aromatic heterocycles. The van der Waals surface area contributed by atoms with Gasteiger partial charge in [-0.05, 0) is 54.6 Å². The molecule has 0 bridgehead atoms. The Morgan fingerprint density at radius 1 is 0.750 bits per heavy atom. The Bertz CT molecular complexity index is 1120. The quantitative estimate of drug-likeness (QED) is 0.223. The third kappa shape index (κ3) is 6.84. The van der Waals surface area contributed by atoms with Crippen molar-refractivity contribution >= 4 is 67.4 Å². The normalized spacial score (nSPS) is 10.8. The number of aromatic hydroxyl groups is 1. The first-order valence-electron chi connectivity index (χ1n) is 9.63. The zero-order valence-corrected chi connectivity index (χ0v) is 21.4. The fourth-order valence-electron chi connectivity index (χ4n) is 3.26. The second-order valence-corrected chi connectivity index (χ2v) is 11.6. The van der Waals surface area contributed by atoms with Crippen molar-refractivity contribution in [2.24, 2.45) is 4.99 Å². The number of phenols is 1. The predicted molar refractivity (Wildman–Crippen MR) is 139 cm³/mol. The average Bonchev–Trinajstić information content (AvgIpc) is 2.82. The molecule has 0 atom stereocenters. The number of aliphatic imine (C=N–C) groups is 1. The maximum absolute atomic E-state index is 10.1. The molecule has 2 nitrogen and oxygen atoms in total. The van der Waals surface area contributed by atoms with Crippen molar-refractivity contribution in [1.82, 2.24) is 0 Å². The van der Waals surface area contributed by atoms with Crippen LogP contribution in [0.3, 0.4) is 0 Å². The molecule has 0 spiro atoms. The van der Waals surface area contributed by atoms with Crippen LogP contribution in [-0.2, 0) is 13.4 Å². The molecule has 0 aliphatic heterocycles. The minimum atomic E-state index is -1.21. The Morgan fingerprint density at radius 3 is 1.88 bits per heavy atom. The molecule has 1 N–H and O–H groups in total. The summed E-state index contributed by atoms with van der Waals surface area (Å²) in [4.78, 5) is 4.52. The molecule has 0 unspecified atom stereocenters. The summed E-state index contributed by atoms with van der Waals surface area (Å²) in [5.74, 6) is 0.111. The SMILES string of the molecule is Oc1ccc(Cl)cc1N=Cc1ccccc1[PH+](c1ccccc1)c1ccccc1.[Cl][Cr][Cl]. The van der Waals surface area contributed by atoms with E-state index >= 15 is 0 Å². The monoisotopic (exact) mass is 538 g/mol. The standard InChI is InChI=1S/C25H19ClNOP.2ClH.Cr/c26-20-15-16-24(28)23(17-20)27-18-19-9-7-8-14-25(19)29(21-10-3-1-4-11-21)22-12-5-2-6-13-22;;;/h1-18,28H;2*1H;/q;;;+2/p-1. The van der Waals surface area contributed by atoms with Crippen molar-refractivity contribution in [3.8, 4) is 5.75 Å². The molecular formula is C25H20Cl3CrNOP+. The Kier molecular flexibility index (Phi) is 10.1. The molecule has 0 saturated carbocycles. The van der Waals surface area contributed by atoms with E-state index in [1.165, 1.54) is 15.9 Å². The molecule has 0 radical (unpaired) electrons. The summed E-state index contributed by atoms with van der Waals surface area (Å²) >= 11 is 5.88. The van der Waals surface area contributed by atoms with Crippen molar-refractivity contribution < 1.29 is 18.5 Å². The van der Waals surface area contributed by atoms with E-state index < -0.39 is 7.92 Å². The first-order valence-corrected chi connectivity index (χ1v) is 15.0. The second-order valence-electron chi connectivity index (χ2n) is 6.64. The Morgan fingerprint density at radius 2 is 1.28 bits per heavy atom. The maximum atomic E-state index is 10.1. The second kappa shape index (κ2) is 13.0. The Labute approximate surface area is 209 Å². The van der Waals surface area contributed by atoms with Gasteiger partial charge >= 0.3 is 33.5 Å². The van der Waals surface area contributed by atoms with Crippen LogP contribution in [0.15, 0.2) is 108 Å². The van der Waals surface area contributed by atoms with Gasteiger partial charge in [0.1, 0.15) is 27.4 Å². The molecule has 7 heteroatoms. The summed E-state index contributed by atoms with van der Waals surface area (Å²) in [7, 11) is 8.44. The Hall–Kier alpha value is -1.82. The van der Waals surface area contributed by atoms with Gasteiger partial charge in [0.25, 0.3) is 0 Å². The van der Waals surface area contributed by atoms with Crippen LogP contribution in [0, 0.1) is 0 Å². The van der Waals surface area contributed by atoms with Crippen LogP contribution in [0.1, 0.15) is 5.56 Å². The van der Waals surface area contributed by atoms with Crippen LogP contribution in [0.25, 0.3) is 0 Å². The van der Waals surface area contributed by atoms with Crippen LogP contribution >= 0.6 is 39.6 Å². The average molecular weight is 540 g/mol. The van der Waals surface area contributed by atoms with E-state index in [9.17, 15) is 5.11 Å². The zero-order chi connectivity index (χ0) is 22.8. The van der Waals surface area contributed by atoms with E-state index in [4.69, 9.17) is 31.7 Å². The first-order chi connectivity index (χ1) is 15.6. The molecule has 4 aromatic rings. The van der Waals surface area contributed by atoms with E-state index in [-0.39, 0.29) is 19.1 Å². The van der Waals surface area contributed by atoms with Gasteiger partial charge in [-0.2, -0.15) is 0 Å². The summed E-state index contributed by atoms with van der Waals surface area (Å²) in [6.07, 6.45) is 1.82. The first kappa shape index (κ1) is 24.8. The van der Waals surface area contributed by atoms with Crippen LogP contribution in [0.5, 0.6) is 5.75 Å². The molecule has 0 saturated heterocycles. The zero-order valence-electron chi connectivity index (χ0n) is 16.8. The van der Waals surface area contributed by atoms with Gasteiger partial charge in [-0.3, -0.25) is 4.99 Å². The van der Waals surface area contributed by atoms with Crippen LogP contribution in [0.2, 0.25) is 5.02 Å². The number of hydrogen-bond acceptors (Lipinski definition) is 2. The number of halogens is 3. The van der Waals surface area contributed by atoms with E-state index in [0.29, 0.717) is 10.7 Å². The molecule has 0 aliphatic carbocycles. The fourth-order valence-corrected chi connectivity index (χ4v) is 6.14. The molecular weight excluding hydrogens is 520 g/mol. The van der Waals surface area contributed by atoms with E-state index in [2.05, 4.69) is 71.7 Å². The molecule has 0 fully saturated rings. The number of rotatable bonds is 5. The summed E-state index contributed by atoms with van der Waals surface area (Å²) < 4.78 is 0. The van der Waals surface area contributed by atoms with Gasteiger partial charge in [0.2, 0.25) is 0 Å². The minimum absolute atomic E-state index is 0.111. The summed E-state index contributed by atoms with van der Waals surface area (Å²) in [5, 5.41) is 14.5. The third-order valence-electron chi connectivity index (χ3n) is 4.64. The molecule has 32 heavy (non-hydrogen) atoms. The van der Waals surface area contributed by atoms with Gasteiger partial charge in [0.15, 0.2) is 0 Å². The van der Waals surface area contributed by atoms with Crippen molar-refractivity contribution in [2.75, 3.05) is 0 Å². The van der Waals surface area contributed by atoms with Crippen LogP contribution < -0.4 is 15.9 Å².